The molecule has 1 N–H and O–H groups in total. The number of benzene rings is 1. The summed E-state index contributed by atoms with van der Waals surface area (Å²) in [6, 6.07) is 7.58. The number of nitrogens with one attached hydrogen (secondary N) is 1. The number of halogens is 2. The molecule has 0 atom stereocenters. The SMILES string of the molecule is Cl.Cn1c(CC(=O)Nc2ccc(Cl)cc2)csc1=NC1CCCCCC1. The van der Waals surface area contributed by atoms with Crippen LogP contribution in [0.1, 0.15) is 44.2 Å². The molecule has 1 aromatic carbocycles. The van der Waals surface area contributed by atoms with Crippen LogP contribution in [-0.4, -0.2) is 16.5 Å². The molecule has 0 radical (unpaired) electrons. The second kappa shape index (κ2) is 10.1. The van der Waals surface area contributed by atoms with Crippen molar-refractivity contribution in [3.05, 3.63) is 45.2 Å². The quantitative estimate of drug-likeness (QED) is 0.706. The Morgan fingerprint density at radius 2 is 1.88 bits per heavy atom. The monoisotopic (exact) mass is 413 g/mol. The Balaban J connectivity index is 0.00000243. The lowest BCUT2D eigenvalue weighted by Gasteiger charge is -2.08. The maximum Gasteiger partial charge on any atom is 0.230 e. The Morgan fingerprint density at radius 1 is 1.23 bits per heavy atom. The van der Waals surface area contributed by atoms with Gasteiger partial charge in [0.2, 0.25) is 5.91 Å². The van der Waals surface area contributed by atoms with Crippen molar-refractivity contribution in [3.8, 4) is 0 Å². The van der Waals surface area contributed by atoms with E-state index in [4.69, 9.17) is 16.6 Å². The van der Waals surface area contributed by atoms with Crippen molar-refractivity contribution >= 4 is 46.9 Å². The van der Waals surface area contributed by atoms with Crippen LogP contribution in [-0.2, 0) is 18.3 Å². The van der Waals surface area contributed by atoms with Gasteiger partial charge in [0.1, 0.15) is 0 Å². The van der Waals surface area contributed by atoms with Gasteiger partial charge in [0, 0.05) is 28.8 Å². The predicted molar refractivity (Wildman–Crippen MR) is 111 cm³/mol. The van der Waals surface area contributed by atoms with E-state index in [1.807, 2.05) is 12.4 Å². The predicted octanol–water partition coefficient (Wildman–Crippen LogP) is 4.97. The third-order valence-corrected chi connectivity index (χ3v) is 5.84. The van der Waals surface area contributed by atoms with Crippen molar-refractivity contribution < 1.29 is 4.79 Å². The lowest BCUT2D eigenvalue weighted by atomic mass is 10.1. The summed E-state index contributed by atoms with van der Waals surface area (Å²) in [5.74, 6) is -0.0308. The van der Waals surface area contributed by atoms with E-state index >= 15 is 0 Å². The number of anilines is 1. The standard InChI is InChI=1S/C19H24ClN3OS.ClH/c1-23-17(12-18(24)21-16-10-8-14(20)9-11-16)13-25-19(23)22-15-6-4-2-3-5-7-15;/h8-11,13,15H,2-7,12H2,1H3,(H,21,24);1H. The summed E-state index contributed by atoms with van der Waals surface area (Å²) >= 11 is 7.49. The molecule has 26 heavy (non-hydrogen) atoms. The number of nitrogens with zero attached hydrogens (tertiary/aromatic N) is 2. The molecule has 0 unspecified atom stereocenters. The van der Waals surface area contributed by atoms with Gasteiger partial charge in [-0.15, -0.1) is 23.7 Å². The summed E-state index contributed by atoms with van der Waals surface area (Å²) in [5, 5.41) is 5.60. The van der Waals surface area contributed by atoms with Gasteiger partial charge in [0.15, 0.2) is 4.80 Å². The largest absolute Gasteiger partial charge is 0.326 e. The number of carbonyl (C=O) groups is 1. The second-order valence-corrected chi connectivity index (χ2v) is 7.85. The number of thiazole rings is 1. The molecule has 0 bridgehead atoms. The number of amides is 1. The number of hydrogen-bond acceptors (Lipinski definition) is 3. The molecule has 0 aliphatic heterocycles. The molecule has 1 heterocycles. The van der Waals surface area contributed by atoms with Crippen LogP contribution >= 0.6 is 35.3 Å². The Hall–Kier alpha value is -1.30. The molecule has 4 nitrogen and oxygen atoms in total. The number of hydrogen-bond donors (Lipinski definition) is 1. The van der Waals surface area contributed by atoms with E-state index < -0.39 is 0 Å². The van der Waals surface area contributed by atoms with Crippen molar-refractivity contribution in [2.75, 3.05) is 5.32 Å². The lowest BCUT2D eigenvalue weighted by Crippen LogP contribution is -2.21. The molecule has 1 aliphatic carbocycles. The molecule has 1 amide bonds. The van der Waals surface area contributed by atoms with Gasteiger partial charge in [0.05, 0.1) is 12.5 Å². The summed E-state index contributed by atoms with van der Waals surface area (Å²) in [6.07, 6.45) is 7.93. The van der Waals surface area contributed by atoms with E-state index in [2.05, 4.69) is 9.88 Å². The number of aromatic nitrogens is 1. The average molecular weight is 414 g/mol. The molecular weight excluding hydrogens is 389 g/mol. The molecule has 1 saturated carbocycles. The van der Waals surface area contributed by atoms with Gasteiger partial charge in [-0.3, -0.25) is 9.79 Å². The van der Waals surface area contributed by atoms with Gasteiger partial charge in [-0.1, -0.05) is 37.3 Å². The minimum Gasteiger partial charge on any atom is -0.326 e. The average Bonchev–Trinajstić information content (AvgIpc) is 2.79. The van der Waals surface area contributed by atoms with E-state index in [0.29, 0.717) is 17.5 Å². The fraction of sp³-hybridized carbons (Fsp3) is 0.474. The van der Waals surface area contributed by atoms with E-state index in [9.17, 15) is 4.79 Å². The molecule has 2 aromatic rings. The molecule has 142 valence electrons. The summed E-state index contributed by atoms with van der Waals surface area (Å²) in [4.78, 5) is 18.2. The van der Waals surface area contributed by atoms with Crippen LogP contribution in [0.2, 0.25) is 5.02 Å². The van der Waals surface area contributed by atoms with Crippen LogP contribution in [0.5, 0.6) is 0 Å². The van der Waals surface area contributed by atoms with Gasteiger partial charge < -0.3 is 9.88 Å². The van der Waals surface area contributed by atoms with Gasteiger partial charge in [0.25, 0.3) is 0 Å². The molecule has 0 saturated heterocycles. The summed E-state index contributed by atoms with van der Waals surface area (Å²) in [7, 11) is 2.00. The Kier molecular flexibility index (Phi) is 8.19. The molecular formula is C19H25Cl2N3OS. The van der Waals surface area contributed by atoms with Gasteiger partial charge in [-0.25, -0.2) is 0 Å². The molecule has 0 spiro atoms. The molecule has 3 rings (SSSR count). The molecule has 1 aromatic heterocycles. The molecule has 1 aliphatic rings. The van der Waals surface area contributed by atoms with Crippen LogP contribution in [0.4, 0.5) is 5.69 Å². The van der Waals surface area contributed by atoms with Gasteiger partial charge in [-0.05, 0) is 37.1 Å². The number of carbonyl (C=O) groups excluding carboxylic acids is 1. The Labute approximate surface area is 169 Å². The van der Waals surface area contributed by atoms with Crippen molar-refractivity contribution in [2.24, 2.45) is 12.0 Å². The highest BCUT2D eigenvalue weighted by atomic mass is 35.5. The van der Waals surface area contributed by atoms with Crippen molar-refractivity contribution in [2.45, 2.75) is 51.0 Å². The van der Waals surface area contributed by atoms with Crippen LogP contribution in [0.15, 0.2) is 34.6 Å². The van der Waals surface area contributed by atoms with Gasteiger partial charge in [-0.2, -0.15) is 0 Å². The Morgan fingerprint density at radius 3 is 2.54 bits per heavy atom. The van der Waals surface area contributed by atoms with Crippen LogP contribution in [0.25, 0.3) is 0 Å². The van der Waals surface area contributed by atoms with Crippen LogP contribution in [0, 0.1) is 0 Å². The Bertz CT molecular complexity index is 775. The first-order valence-corrected chi connectivity index (χ1v) is 10.1. The zero-order valence-corrected chi connectivity index (χ0v) is 17.3. The van der Waals surface area contributed by atoms with Crippen molar-refractivity contribution in [1.82, 2.24) is 4.57 Å². The first-order chi connectivity index (χ1) is 12.1. The van der Waals surface area contributed by atoms with Crippen molar-refractivity contribution in [3.63, 3.8) is 0 Å². The smallest absolute Gasteiger partial charge is 0.230 e. The molecule has 1 fully saturated rings. The normalized spacial score (nSPS) is 16.0. The third kappa shape index (κ3) is 5.86. The van der Waals surface area contributed by atoms with Crippen LogP contribution < -0.4 is 10.1 Å². The summed E-state index contributed by atoms with van der Waals surface area (Å²) in [5.41, 5.74) is 1.75. The third-order valence-electron chi connectivity index (χ3n) is 4.61. The maximum absolute atomic E-state index is 12.3. The summed E-state index contributed by atoms with van der Waals surface area (Å²) < 4.78 is 2.05. The lowest BCUT2D eigenvalue weighted by molar-refractivity contribution is -0.115. The van der Waals surface area contributed by atoms with Crippen molar-refractivity contribution in [1.29, 1.82) is 0 Å². The zero-order chi connectivity index (χ0) is 17.6. The second-order valence-electron chi connectivity index (χ2n) is 6.57. The highest BCUT2D eigenvalue weighted by molar-refractivity contribution is 7.07. The first kappa shape index (κ1) is 21.0. The fourth-order valence-corrected chi connectivity index (χ4v) is 4.22. The molecule has 7 heteroatoms. The fourth-order valence-electron chi connectivity index (χ4n) is 3.12. The highest BCUT2D eigenvalue weighted by Gasteiger charge is 2.13. The maximum atomic E-state index is 12.3. The van der Waals surface area contributed by atoms with Crippen LogP contribution in [0.3, 0.4) is 0 Å². The first-order valence-electron chi connectivity index (χ1n) is 8.84. The minimum absolute atomic E-state index is 0. The van der Waals surface area contributed by atoms with E-state index in [-0.39, 0.29) is 18.3 Å². The van der Waals surface area contributed by atoms with E-state index in [1.165, 1.54) is 38.5 Å². The van der Waals surface area contributed by atoms with Gasteiger partial charge >= 0.3 is 0 Å². The topological polar surface area (TPSA) is 46.4 Å². The van der Waals surface area contributed by atoms with E-state index in [0.717, 1.165) is 16.2 Å². The number of rotatable bonds is 4. The summed E-state index contributed by atoms with van der Waals surface area (Å²) in [6.45, 7) is 0. The zero-order valence-electron chi connectivity index (χ0n) is 14.9. The minimum atomic E-state index is -0.0308. The highest BCUT2D eigenvalue weighted by Crippen LogP contribution is 2.19. The van der Waals surface area contributed by atoms with E-state index in [1.54, 1.807) is 35.6 Å².